The first-order valence-corrected chi connectivity index (χ1v) is 11.7. The summed E-state index contributed by atoms with van der Waals surface area (Å²) in [6, 6.07) is 14.7. The Bertz CT molecular complexity index is 1180. The van der Waals surface area contributed by atoms with Gasteiger partial charge in [0.05, 0.1) is 11.3 Å². The fourth-order valence-corrected chi connectivity index (χ4v) is 4.92. The molecule has 160 valence electrons. The lowest BCUT2D eigenvalue weighted by Gasteiger charge is -2.31. The van der Waals surface area contributed by atoms with E-state index in [0.717, 1.165) is 30.6 Å². The van der Waals surface area contributed by atoms with Crippen LogP contribution >= 0.6 is 23.4 Å². The number of amides is 1. The molecule has 2 heterocycles. The summed E-state index contributed by atoms with van der Waals surface area (Å²) in [5.41, 5.74) is 2.33. The summed E-state index contributed by atoms with van der Waals surface area (Å²) in [6.45, 7) is 3.68. The van der Waals surface area contributed by atoms with Gasteiger partial charge in [0.25, 0.3) is 6.17 Å². The molecule has 8 heteroatoms. The molecule has 1 aliphatic heterocycles. The van der Waals surface area contributed by atoms with Crippen LogP contribution < -0.4 is 15.1 Å². The Morgan fingerprint density at radius 1 is 1.23 bits per heavy atom. The van der Waals surface area contributed by atoms with Crippen molar-refractivity contribution in [3.05, 3.63) is 69.5 Å². The van der Waals surface area contributed by atoms with Gasteiger partial charge in [-0.2, -0.15) is 0 Å². The van der Waals surface area contributed by atoms with E-state index in [-0.39, 0.29) is 11.5 Å². The second-order valence-electron chi connectivity index (χ2n) is 7.44. The molecule has 4 rings (SSSR count). The maximum absolute atomic E-state index is 13.2. The monoisotopic (exact) mass is 455 g/mol. The van der Waals surface area contributed by atoms with Crippen molar-refractivity contribution in [3.8, 4) is 11.3 Å². The Morgan fingerprint density at radius 2 is 2.03 bits per heavy atom. The van der Waals surface area contributed by atoms with Crippen LogP contribution in [0.25, 0.3) is 11.3 Å². The summed E-state index contributed by atoms with van der Waals surface area (Å²) in [5.74, 6) is 0.722. The fourth-order valence-electron chi connectivity index (χ4n) is 3.87. The van der Waals surface area contributed by atoms with E-state index in [9.17, 15) is 9.59 Å². The Labute approximate surface area is 190 Å². The van der Waals surface area contributed by atoms with Crippen LogP contribution in [0.15, 0.2) is 58.5 Å². The number of hydrogen-bond acceptors (Lipinski definition) is 4. The van der Waals surface area contributed by atoms with Gasteiger partial charge in [0.1, 0.15) is 0 Å². The molecule has 1 amide bonds. The number of H-pyrrole nitrogens is 1. The third-order valence-corrected chi connectivity index (χ3v) is 6.42. The summed E-state index contributed by atoms with van der Waals surface area (Å²) in [4.78, 5) is 30.6. The topological polar surface area (TPSA) is 69.9 Å². The molecule has 1 N–H and O–H groups in total. The quantitative estimate of drug-likeness (QED) is 0.335. The minimum Gasteiger partial charge on any atom is -0.291 e. The minimum absolute atomic E-state index is 0.144. The van der Waals surface area contributed by atoms with Crippen LogP contribution in [-0.4, -0.2) is 21.7 Å². The van der Waals surface area contributed by atoms with E-state index in [2.05, 4.69) is 11.9 Å². The van der Waals surface area contributed by atoms with Crippen molar-refractivity contribution in [1.82, 2.24) is 10.1 Å². The zero-order chi connectivity index (χ0) is 22.0. The van der Waals surface area contributed by atoms with Gasteiger partial charge in [-0.25, -0.2) is 4.90 Å². The minimum atomic E-state index is -0.613. The number of carbonyl (C=O) groups excluding carboxylic acids is 1. The maximum Gasteiger partial charge on any atom is 0.325 e. The largest absolute Gasteiger partial charge is 0.325 e. The number of thioether (sulfide) groups is 1. The number of fused-ring (bicyclic) bond motifs is 3. The smallest absolute Gasteiger partial charge is 0.291 e. The number of aromatic amines is 1. The number of para-hydroxylation sites is 1. The summed E-state index contributed by atoms with van der Waals surface area (Å²) in [5, 5.41) is 5.88. The lowest BCUT2D eigenvalue weighted by molar-refractivity contribution is -0.763. The van der Waals surface area contributed by atoms with Crippen LogP contribution in [0.2, 0.25) is 5.02 Å². The maximum atomic E-state index is 13.2. The third-order valence-electron chi connectivity index (χ3n) is 5.23. The van der Waals surface area contributed by atoms with E-state index in [4.69, 9.17) is 16.7 Å². The standard InChI is InChI=1S/C23H23ClN4O2S/c1-3-4-7-13-31-23-25-21(30)20-18-11-5-6-12-19(18)27(15(2)29)22(28(20)26-23)16-9-8-10-17(24)14-16/h5-6,8-12,14,22H,3-4,7,13H2,1-2H3/p+1/t22-/m0/s1. The number of anilines is 1. The molecular formula is C23H24ClN4O2S+. The van der Waals surface area contributed by atoms with Crippen molar-refractivity contribution in [2.45, 2.75) is 44.4 Å². The summed E-state index contributed by atoms with van der Waals surface area (Å²) >= 11 is 7.80. The Balaban J connectivity index is 1.92. The first-order valence-electron chi connectivity index (χ1n) is 10.3. The summed E-state index contributed by atoms with van der Waals surface area (Å²) in [7, 11) is 0. The molecule has 0 bridgehead atoms. The lowest BCUT2D eigenvalue weighted by atomic mass is 10.0. The Morgan fingerprint density at radius 3 is 2.77 bits per heavy atom. The number of rotatable bonds is 6. The molecule has 0 aliphatic carbocycles. The van der Waals surface area contributed by atoms with Crippen LogP contribution in [0.1, 0.15) is 44.8 Å². The molecule has 0 fully saturated rings. The Hall–Kier alpha value is -2.64. The molecule has 31 heavy (non-hydrogen) atoms. The molecule has 3 aromatic rings. The van der Waals surface area contributed by atoms with E-state index in [1.54, 1.807) is 15.6 Å². The number of aromatic nitrogens is 3. The van der Waals surface area contributed by atoms with Gasteiger partial charge in [-0.05, 0) is 35.4 Å². The van der Waals surface area contributed by atoms with Crippen molar-refractivity contribution in [2.75, 3.05) is 10.7 Å². The van der Waals surface area contributed by atoms with Crippen molar-refractivity contribution < 1.29 is 9.48 Å². The van der Waals surface area contributed by atoms with Gasteiger partial charge in [0.15, 0.2) is 0 Å². The highest BCUT2D eigenvalue weighted by molar-refractivity contribution is 7.99. The lowest BCUT2D eigenvalue weighted by Crippen LogP contribution is -2.60. The molecule has 0 radical (unpaired) electrons. The van der Waals surface area contributed by atoms with Gasteiger partial charge >= 0.3 is 11.3 Å². The van der Waals surface area contributed by atoms with Gasteiger partial charge in [0, 0.05) is 28.4 Å². The van der Waals surface area contributed by atoms with Gasteiger partial charge in [0.2, 0.25) is 11.1 Å². The van der Waals surface area contributed by atoms with Crippen LogP contribution in [0.5, 0.6) is 0 Å². The second kappa shape index (κ2) is 9.24. The Kier molecular flexibility index (Phi) is 6.43. The predicted octanol–water partition coefficient (Wildman–Crippen LogP) is 4.57. The molecular weight excluding hydrogens is 432 g/mol. The average molecular weight is 456 g/mol. The predicted molar refractivity (Wildman–Crippen MR) is 123 cm³/mol. The van der Waals surface area contributed by atoms with E-state index in [1.165, 1.54) is 18.7 Å². The number of halogens is 1. The second-order valence-corrected chi connectivity index (χ2v) is 8.96. The molecule has 6 nitrogen and oxygen atoms in total. The molecule has 2 aromatic carbocycles. The normalized spacial score (nSPS) is 14.8. The first-order chi connectivity index (χ1) is 15.0. The van der Waals surface area contributed by atoms with Gasteiger partial charge in [-0.15, -0.1) is 0 Å². The SMILES string of the molecule is CCCCCSc1n[n+]2c(c(=O)[nH]1)-c1ccccc1N(C(C)=O)[C@@H]2c1cccc(Cl)c1. The van der Waals surface area contributed by atoms with Crippen LogP contribution in [0.4, 0.5) is 5.69 Å². The van der Waals surface area contributed by atoms with Crippen molar-refractivity contribution in [2.24, 2.45) is 0 Å². The molecule has 1 atom stereocenters. The molecule has 0 spiro atoms. The number of carbonyl (C=O) groups is 1. The average Bonchev–Trinajstić information content (AvgIpc) is 2.75. The molecule has 0 saturated heterocycles. The number of nitrogens with one attached hydrogen (secondary N) is 1. The molecule has 0 unspecified atom stereocenters. The highest BCUT2D eigenvalue weighted by Gasteiger charge is 2.44. The fraction of sp³-hybridized carbons (Fsp3) is 0.304. The van der Waals surface area contributed by atoms with Crippen LogP contribution in [0, 0.1) is 0 Å². The zero-order valence-corrected chi connectivity index (χ0v) is 19.0. The number of unbranched alkanes of at least 4 members (excludes halogenated alkanes) is 2. The van der Waals surface area contributed by atoms with Gasteiger partial charge in [-0.3, -0.25) is 14.6 Å². The zero-order valence-electron chi connectivity index (χ0n) is 17.5. The molecule has 0 saturated carbocycles. The van der Waals surface area contributed by atoms with Crippen molar-refractivity contribution >= 4 is 35.0 Å². The highest BCUT2D eigenvalue weighted by Crippen LogP contribution is 2.37. The van der Waals surface area contributed by atoms with Crippen molar-refractivity contribution in [1.29, 1.82) is 0 Å². The number of nitrogens with zero attached hydrogens (tertiary/aromatic N) is 3. The van der Waals surface area contributed by atoms with Crippen LogP contribution in [-0.2, 0) is 4.79 Å². The van der Waals surface area contributed by atoms with E-state index < -0.39 is 6.17 Å². The van der Waals surface area contributed by atoms with Crippen LogP contribution in [0.3, 0.4) is 0 Å². The van der Waals surface area contributed by atoms with E-state index in [0.29, 0.717) is 27.1 Å². The number of hydrogen-bond donors (Lipinski definition) is 1. The van der Waals surface area contributed by atoms with E-state index >= 15 is 0 Å². The van der Waals surface area contributed by atoms with Gasteiger partial charge in [-0.1, -0.05) is 67.4 Å². The molecule has 1 aliphatic rings. The summed E-state index contributed by atoms with van der Waals surface area (Å²) < 4.78 is 1.66. The third kappa shape index (κ3) is 4.25. The first kappa shape index (κ1) is 21.6. The summed E-state index contributed by atoms with van der Waals surface area (Å²) in [6.07, 6.45) is 2.70. The van der Waals surface area contributed by atoms with E-state index in [1.807, 2.05) is 42.5 Å². The highest BCUT2D eigenvalue weighted by atomic mass is 35.5. The van der Waals surface area contributed by atoms with Gasteiger partial charge < -0.3 is 0 Å². The number of benzene rings is 2. The van der Waals surface area contributed by atoms with Crippen molar-refractivity contribution in [3.63, 3.8) is 0 Å². The molecule has 1 aromatic heterocycles.